The number of Topliss-reactive ketones (excluding diaryl/α,β-unsaturated/α-hetero) is 1. The van der Waals surface area contributed by atoms with Gasteiger partial charge in [0.05, 0.1) is 28.8 Å². The minimum absolute atomic E-state index is 0.113. The first-order valence-electron chi connectivity index (χ1n) is 17.5. The van der Waals surface area contributed by atoms with Crippen molar-refractivity contribution in [1.82, 2.24) is 0 Å². The molecule has 9 rings (SSSR count). The van der Waals surface area contributed by atoms with Crippen LogP contribution in [0.4, 0.5) is 5.69 Å². The second kappa shape index (κ2) is 8.18. The Kier molecular flexibility index (Phi) is 5.37. The summed E-state index contributed by atoms with van der Waals surface area (Å²) in [5, 5.41) is 39.2. The Balaban J connectivity index is 1.10. The van der Waals surface area contributed by atoms with E-state index in [9.17, 15) is 20.1 Å². The van der Waals surface area contributed by atoms with Gasteiger partial charge < -0.3 is 34.8 Å². The van der Waals surface area contributed by atoms with Crippen LogP contribution < -0.4 is 5.32 Å². The van der Waals surface area contributed by atoms with E-state index in [1.165, 1.54) is 11.1 Å². The molecule has 0 aromatic heterocycles. The zero-order valence-electron chi connectivity index (χ0n) is 28.1. The van der Waals surface area contributed by atoms with Gasteiger partial charge >= 0.3 is 0 Å². The van der Waals surface area contributed by atoms with Gasteiger partial charge in [0.1, 0.15) is 23.9 Å². The Morgan fingerprint density at radius 2 is 1.76 bits per heavy atom. The molecule has 45 heavy (non-hydrogen) atoms. The summed E-state index contributed by atoms with van der Waals surface area (Å²) in [5.41, 5.74) is -0.475. The Hall–Kier alpha value is -1.55. The highest BCUT2D eigenvalue weighted by Crippen LogP contribution is 2.78. The molecule has 4 heterocycles. The summed E-state index contributed by atoms with van der Waals surface area (Å²) in [4.78, 5) is 14.2. The molecule has 1 spiro atoms. The van der Waals surface area contributed by atoms with Crippen LogP contribution in [0.3, 0.4) is 0 Å². The van der Waals surface area contributed by atoms with Gasteiger partial charge in [-0.25, -0.2) is 0 Å². The van der Waals surface area contributed by atoms with E-state index in [4.69, 9.17) is 14.2 Å². The fourth-order valence-corrected chi connectivity index (χ4v) is 13.3. The highest BCUT2D eigenvalue weighted by molar-refractivity contribution is 6.02. The summed E-state index contributed by atoms with van der Waals surface area (Å²) < 4.78 is 19.5. The van der Waals surface area contributed by atoms with Crippen molar-refractivity contribution < 1.29 is 34.3 Å². The second-order valence-electron chi connectivity index (χ2n) is 18.2. The molecule has 6 fully saturated rings. The lowest BCUT2D eigenvalue weighted by Crippen LogP contribution is -2.77. The Morgan fingerprint density at radius 1 is 1.02 bits per heavy atom. The van der Waals surface area contributed by atoms with Crippen LogP contribution in [0, 0.1) is 28.6 Å². The van der Waals surface area contributed by atoms with Gasteiger partial charge in [0, 0.05) is 34.5 Å². The lowest BCUT2D eigenvalue weighted by molar-refractivity contribution is -0.292. The number of carbonyl (C=O) groups excluding carboxylic acids is 1. The van der Waals surface area contributed by atoms with Gasteiger partial charge in [-0.1, -0.05) is 13.8 Å². The second-order valence-corrected chi connectivity index (χ2v) is 18.2. The van der Waals surface area contributed by atoms with E-state index in [1.54, 1.807) is 13.8 Å². The third-order valence-corrected chi connectivity index (χ3v) is 15.3. The number of carbonyl (C=O) groups is 1. The van der Waals surface area contributed by atoms with Gasteiger partial charge in [-0.2, -0.15) is 0 Å². The molecule has 0 amide bonds. The Bertz CT molecular complexity index is 1530. The standard InChI is InChI=1S/C37H51NO7/c1-31(2,41)29-27(40)30-37(44-30)23(43-29)12-13-34(7)35(8)17(11-14-36(34,37)42)15-20-24-19-16-21-25(33(5,6)45-32(21,3)4)26(39)18(19)9-10-22(24)38-28(20)35/h9-10,17,20-21,23,25,27-30,38,40-42H,11-16H2,1-8H3/t17?,20?,21-,23?,25+,27?,28?,29?,30?,34?,35?,36?,37?/m0/s1. The number of aliphatic hydroxyl groups excluding tert-OH is 1. The maximum absolute atomic E-state index is 14.2. The Labute approximate surface area is 266 Å². The molecule has 1 aromatic carbocycles. The number of nitrogens with one attached hydrogen (secondary N) is 1. The van der Waals surface area contributed by atoms with Crippen LogP contribution in [0.25, 0.3) is 0 Å². The van der Waals surface area contributed by atoms with E-state index < -0.39 is 46.1 Å². The number of rotatable bonds is 1. The van der Waals surface area contributed by atoms with E-state index in [0.29, 0.717) is 18.8 Å². The number of ether oxygens (including phenoxy) is 3. The van der Waals surface area contributed by atoms with E-state index in [2.05, 4.69) is 52.9 Å². The largest absolute Gasteiger partial charge is 0.388 e. The summed E-state index contributed by atoms with van der Waals surface area (Å²) >= 11 is 0. The van der Waals surface area contributed by atoms with E-state index in [-0.39, 0.29) is 46.7 Å². The number of hydrogen-bond donors (Lipinski definition) is 4. The Morgan fingerprint density at radius 3 is 2.47 bits per heavy atom. The molecule has 4 N–H and O–H groups in total. The first-order chi connectivity index (χ1) is 20.8. The summed E-state index contributed by atoms with van der Waals surface area (Å²) in [6.07, 6.45) is 2.11. The van der Waals surface area contributed by atoms with Gasteiger partial charge in [-0.15, -0.1) is 0 Å². The van der Waals surface area contributed by atoms with Crippen LogP contribution in [-0.4, -0.2) is 79.6 Å². The van der Waals surface area contributed by atoms with Crippen molar-refractivity contribution in [2.24, 2.45) is 28.6 Å². The lowest BCUT2D eigenvalue weighted by atomic mass is 9.40. The number of aliphatic hydroxyl groups is 3. The molecule has 3 saturated heterocycles. The van der Waals surface area contributed by atoms with Crippen LogP contribution in [0.15, 0.2) is 12.1 Å². The van der Waals surface area contributed by atoms with Crippen LogP contribution in [-0.2, 0) is 20.6 Å². The van der Waals surface area contributed by atoms with Crippen molar-refractivity contribution in [3.05, 3.63) is 28.8 Å². The van der Waals surface area contributed by atoms with Crippen molar-refractivity contribution in [1.29, 1.82) is 0 Å². The average molecular weight is 622 g/mol. The van der Waals surface area contributed by atoms with Gasteiger partial charge in [0.15, 0.2) is 11.4 Å². The zero-order valence-corrected chi connectivity index (χ0v) is 28.1. The predicted octanol–water partition coefficient (Wildman–Crippen LogP) is 4.51. The highest BCUT2D eigenvalue weighted by atomic mass is 16.7. The minimum Gasteiger partial charge on any atom is -0.388 e. The molecule has 3 saturated carbocycles. The van der Waals surface area contributed by atoms with E-state index in [0.717, 1.165) is 36.9 Å². The molecule has 0 bridgehead atoms. The number of hydrogen-bond acceptors (Lipinski definition) is 8. The van der Waals surface area contributed by atoms with Crippen LogP contribution >= 0.6 is 0 Å². The first-order valence-corrected chi connectivity index (χ1v) is 17.5. The van der Waals surface area contributed by atoms with Crippen molar-refractivity contribution >= 4 is 11.5 Å². The molecule has 1 aromatic rings. The topological polar surface area (TPSA) is 121 Å². The van der Waals surface area contributed by atoms with Crippen molar-refractivity contribution in [2.75, 3.05) is 5.32 Å². The van der Waals surface area contributed by atoms with Crippen LogP contribution in [0.2, 0.25) is 0 Å². The molecule has 13 atom stereocenters. The highest BCUT2D eigenvalue weighted by Gasteiger charge is 2.87. The van der Waals surface area contributed by atoms with E-state index >= 15 is 0 Å². The number of anilines is 1. The fraction of sp³-hybridized carbons (Fsp3) is 0.811. The number of epoxide rings is 1. The molecule has 8 heteroatoms. The van der Waals surface area contributed by atoms with Gasteiger partial charge in [0.25, 0.3) is 0 Å². The molecule has 0 radical (unpaired) electrons. The molecule has 246 valence electrons. The monoisotopic (exact) mass is 621 g/mol. The number of benzene rings is 1. The fourth-order valence-electron chi connectivity index (χ4n) is 13.3. The summed E-state index contributed by atoms with van der Waals surface area (Å²) in [7, 11) is 0. The molecule has 4 aliphatic carbocycles. The van der Waals surface area contributed by atoms with Crippen molar-refractivity contribution in [3.63, 3.8) is 0 Å². The average Bonchev–Trinajstić information content (AvgIpc) is 3.44. The summed E-state index contributed by atoms with van der Waals surface area (Å²) in [6, 6.07) is 4.29. The maximum atomic E-state index is 14.2. The smallest absolute Gasteiger partial charge is 0.169 e. The number of fused-ring (bicyclic) bond motifs is 10. The molecular formula is C37H51NO7. The molecule has 8 nitrogen and oxygen atoms in total. The van der Waals surface area contributed by atoms with E-state index in [1.807, 2.05) is 6.07 Å². The minimum atomic E-state index is -1.22. The summed E-state index contributed by atoms with van der Waals surface area (Å²) in [5.74, 6) is 0.858. The van der Waals surface area contributed by atoms with Gasteiger partial charge in [-0.05, 0) is 115 Å². The van der Waals surface area contributed by atoms with Gasteiger partial charge in [-0.3, -0.25) is 4.79 Å². The molecule has 4 aliphatic heterocycles. The zero-order chi connectivity index (χ0) is 32.1. The van der Waals surface area contributed by atoms with Gasteiger partial charge in [0.2, 0.25) is 0 Å². The predicted molar refractivity (Wildman–Crippen MR) is 167 cm³/mol. The van der Waals surface area contributed by atoms with Crippen molar-refractivity contribution in [2.45, 2.75) is 158 Å². The lowest BCUT2D eigenvalue weighted by Gasteiger charge is -2.67. The summed E-state index contributed by atoms with van der Waals surface area (Å²) in [6.45, 7) is 16.4. The SMILES string of the molecule is CC(C)(O)C1OC2CCC3(C)C4(C)C(CCC3(O)C23OC3C1O)CC1c2c(ccc3c2C[C@H]2[C@H](C3=O)C(C)(C)OC2(C)C)NC14. The van der Waals surface area contributed by atoms with Crippen LogP contribution in [0.5, 0.6) is 0 Å². The first kappa shape index (κ1) is 29.6. The third kappa shape index (κ3) is 3.11. The third-order valence-electron chi connectivity index (χ3n) is 15.3. The molecular weight excluding hydrogens is 570 g/mol. The quantitative estimate of drug-likeness (QED) is 0.338. The number of ketones is 1. The molecule has 11 unspecified atom stereocenters. The van der Waals surface area contributed by atoms with Crippen molar-refractivity contribution in [3.8, 4) is 0 Å². The van der Waals surface area contributed by atoms with Crippen LogP contribution in [0.1, 0.15) is 115 Å². The molecule has 8 aliphatic rings. The maximum Gasteiger partial charge on any atom is 0.169 e. The normalized spacial score (nSPS) is 52.7.